The predicted octanol–water partition coefficient (Wildman–Crippen LogP) is 2.87. The van der Waals surface area contributed by atoms with E-state index in [-0.39, 0.29) is 5.26 Å². The summed E-state index contributed by atoms with van der Waals surface area (Å²) in [6.45, 7) is 0. The molecule has 1 aromatic heterocycles. The average Bonchev–Trinajstić information content (AvgIpc) is 2.53. The topological polar surface area (TPSA) is 12.9 Å². The van der Waals surface area contributed by atoms with Crippen molar-refractivity contribution in [3.05, 3.63) is 52.2 Å². The summed E-state index contributed by atoms with van der Waals surface area (Å²) in [5.74, 6) is 0. The number of rotatable bonds is 2. The summed E-state index contributed by atoms with van der Waals surface area (Å²) in [5.41, 5.74) is 1.96. The molecule has 1 aromatic carbocycles. The maximum atomic E-state index is 12.5. The molecule has 13 heavy (non-hydrogen) atoms. The smallest absolute Gasteiger partial charge is 0.214 e. The van der Waals surface area contributed by atoms with E-state index in [0.29, 0.717) is 6.42 Å². The molecule has 3 heteroatoms. The number of nitrogens with zero attached hydrogens (tertiary/aromatic N) is 1. The molecule has 0 radical (unpaired) electrons. The van der Waals surface area contributed by atoms with Gasteiger partial charge in [0.2, 0.25) is 0 Å². The van der Waals surface area contributed by atoms with Gasteiger partial charge in [0.05, 0.1) is 5.69 Å². The van der Waals surface area contributed by atoms with Crippen molar-refractivity contribution in [2.24, 2.45) is 0 Å². The van der Waals surface area contributed by atoms with Crippen LogP contribution in [0.15, 0.2) is 35.7 Å². The van der Waals surface area contributed by atoms with E-state index in [1.165, 1.54) is 0 Å². The van der Waals surface area contributed by atoms with Gasteiger partial charge in [-0.05, 0) is 5.56 Å². The van der Waals surface area contributed by atoms with Gasteiger partial charge in [-0.1, -0.05) is 41.7 Å². The predicted molar refractivity (Wildman–Crippen MR) is 51.3 cm³/mol. The lowest BCUT2D eigenvalue weighted by molar-refractivity contribution is 0.612. The van der Waals surface area contributed by atoms with Crippen LogP contribution in [0.5, 0.6) is 0 Å². The Morgan fingerprint density at radius 2 is 2.00 bits per heavy atom. The summed E-state index contributed by atoms with van der Waals surface area (Å²) in [7, 11) is 0. The summed E-state index contributed by atoms with van der Waals surface area (Å²) >= 11 is 1.05. The van der Waals surface area contributed by atoms with Crippen molar-refractivity contribution >= 4 is 11.3 Å². The molecule has 0 bridgehead atoms. The third-order valence-corrected chi connectivity index (χ3v) is 2.43. The molecular weight excluding hydrogens is 185 g/mol. The largest absolute Gasteiger partial charge is 0.269 e. The van der Waals surface area contributed by atoms with Crippen molar-refractivity contribution in [1.29, 1.82) is 0 Å². The van der Waals surface area contributed by atoms with E-state index >= 15 is 0 Å². The van der Waals surface area contributed by atoms with Crippen LogP contribution >= 0.6 is 11.3 Å². The molecule has 0 unspecified atom stereocenters. The van der Waals surface area contributed by atoms with Crippen LogP contribution < -0.4 is 0 Å². The third kappa shape index (κ3) is 2.12. The molecule has 0 amide bonds. The van der Waals surface area contributed by atoms with Crippen molar-refractivity contribution in [2.75, 3.05) is 0 Å². The van der Waals surface area contributed by atoms with Crippen molar-refractivity contribution in [3.8, 4) is 0 Å². The Hall–Kier alpha value is -1.22. The molecule has 2 rings (SSSR count). The molecule has 0 spiro atoms. The molecule has 0 saturated carbocycles. The summed E-state index contributed by atoms with van der Waals surface area (Å²) in [6, 6.07) is 9.93. The highest BCUT2D eigenvalue weighted by Gasteiger charge is 2.00. The van der Waals surface area contributed by atoms with Gasteiger partial charge >= 0.3 is 0 Å². The zero-order chi connectivity index (χ0) is 9.10. The molecule has 2 aromatic rings. The summed E-state index contributed by atoms with van der Waals surface area (Å²) in [5, 5.41) is 1.40. The molecule has 0 saturated heterocycles. The molecule has 0 atom stereocenters. The molecule has 0 N–H and O–H groups in total. The van der Waals surface area contributed by atoms with E-state index in [1.807, 2.05) is 30.3 Å². The van der Waals surface area contributed by atoms with Gasteiger partial charge in [-0.15, -0.1) is 0 Å². The third-order valence-electron chi connectivity index (χ3n) is 1.75. The van der Waals surface area contributed by atoms with Crippen LogP contribution in [0, 0.1) is 5.26 Å². The van der Waals surface area contributed by atoms with E-state index in [2.05, 4.69) is 4.98 Å². The minimum absolute atomic E-state index is 0.356. The summed E-state index contributed by atoms with van der Waals surface area (Å²) in [4.78, 5) is 3.76. The first-order valence-corrected chi connectivity index (χ1v) is 4.86. The highest BCUT2D eigenvalue weighted by atomic mass is 32.1. The molecule has 0 aliphatic rings. The van der Waals surface area contributed by atoms with Crippen LogP contribution in [0.4, 0.5) is 4.39 Å². The van der Waals surface area contributed by atoms with Crippen LogP contribution in [-0.2, 0) is 6.42 Å². The number of halogens is 1. The fraction of sp³-hybridized carbons (Fsp3) is 0.100. The maximum Gasteiger partial charge on any atom is 0.269 e. The fourth-order valence-electron chi connectivity index (χ4n) is 1.17. The summed E-state index contributed by atoms with van der Waals surface area (Å²) < 4.78 is 12.5. The number of hydrogen-bond donors (Lipinski definition) is 0. The summed E-state index contributed by atoms with van der Waals surface area (Å²) in [6.07, 6.45) is 0.710. The van der Waals surface area contributed by atoms with Gasteiger partial charge in [0.1, 0.15) is 0 Å². The Morgan fingerprint density at radius 3 is 2.62 bits per heavy atom. The Balaban J connectivity index is 2.15. The highest BCUT2D eigenvalue weighted by Crippen LogP contribution is 2.11. The first-order valence-electron chi connectivity index (χ1n) is 3.98. The molecule has 0 aliphatic heterocycles. The van der Waals surface area contributed by atoms with E-state index < -0.39 is 0 Å². The normalized spacial score (nSPS) is 10.2. The van der Waals surface area contributed by atoms with Gasteiger partial charge in [0.25, 0.3) is 5.26 Å². The van der Waals surface area contributed by atoms with Gasteiger partial charge in [-0.2, -0.15) is 4.39 Å². The molecule has 66 valence electrons. The molecule has 0 fully saturated rings. The van der Waals surface area contributed by atoms with Gasteiger partial charge in [0, 0.05) is 11.8 Å². The number of hydrogen-bond acceptors (Lipinski definition) is 2. The van der Waals surface area contributed by atoms with Gasteiger partial charge in [-0.3, -0.25) is 0 Å². The van der Waals surface area contributed by atoms with Crippen LogP contribution in [0.1, 0.15) is 11.3 Å². The highest BCUT2D eigenvalue weighted by molar-refractivity contribution is 7.08. The molecule has 1 nitrogen and oxygen atoms in total. The van der Waals surface area contributed by atoms with Crippen LogP contribution in [-0.4, -0.2) is 4.98 Å². The van der Waals surface area contributed by atoms with Gasteiger partial charge in [-0.25, -0.2) is 4.98 Å². The van der Waals surface area contributed by atoms with Crippen LogP contribution in [0.3, 0.4) is 0 Å². The minimum Gasteiger partial charge on any atom is -0.214 e. The monoisotopic (exact) mass is 193 g/mol. The Labute approximate surface area is 79.9 Å². The van der Waals surface area contributed by atoms with Gasteiger partial charge in [0.15, 0.2) is 0 Å². The first-order chi connectivity index (χ1) is 6.34. The lowest BCUT2D eigenvalue weighted by Crippen LogP contribution is -1.87. The Morgan fingerprint density at radius 1 is 1.23 bits per heavy atom. The average molecular weight is 193 g/mol. The SMILES string of the molecule is Fc1nc(Cc2ccccc2)cs1. The van der Waals surface area contributed by atoms with Crippen LogP contribution in [0.25, 0.3) is 0 Å². The second-order valence-corrected chi connectivity index (χ2v) is 3.56. The first kappa shape index (κ1) is 8.38. The maximum absolute atomic E-state index is 12.5. The second-order valence-electron chi connectivity index (χ2n) is 2.75. The number of thiazole rings is 1. The zero-order valence-corrected chi connectivity index (χ0v) is 7.72. The van der Waals surface area contributed by atoms with Gasteiger partial charge < -0.3 is 0 Å². The van der Waals surface area contributed by atoms with Crippen LogP contribution in [0.2, 0.25) is 0 Å². The lowest BCUT2D eigenvalue weighted by atomic mass is 10.1. The fourth-order valence-corrected chi connectivity index (χ4v) is 1.71. The second kappa shape index (κ2) is 3.66. The molecular formula is C10H8FNS. The van der Waals surface area contributed by atoms with E-state index in [0.717, 1.165) is 22.6 Å². The Bertz CT molecular complexity index is 383. The van der Waals surface area contributed by atoms with Crippen molar-refractivity contribution in [2.45, 2.75) is 6.42 Å². The van der Waals surface area contributed by atoms with E-state index in [9.17, 15) is 4.39 Å². The zero-order valence-electron chi connectivity index (χ0n) is 6.90. The number of benzene rings is 1. The van der Waals surface area contributed by atoms with E-state index in [4.69, 9.17) is 0 Å². The van der Waals surface area contributed by atoms with Crippen molar-refractivity contribution in [3.63, 3.8) is 0 Å². The molecule has 1 heterocycles. The number of aromatic nitrogens is 1. The van der Waals surface area contributed by atoms with Crippen molar-refractivity contribution in [1.82, 2.24) is 4.98 Å². The molecule has 0 aliphatic carbocycles. The standard InChI is InChI=1S/C10H8FNS/c11-10-12-9(7-13-10)6-8-4-2-1-3-5-8/h1-5,7H,6H2. The van der Waals surface area contributed by atoms with Crippen molar-refractivity contribution < 1.29 is 4.39 Å². The Kier molecular flexibility index (Phi) is 2.36. The lowest BCUT2D eigenvalue weighted by Gasteiger charge is -1.95. The minimum atomic E-state index is -0.356. The van der Waals surface area contributed by atoms with E-state index in [1.54, 1.807) is 5.38 Å². The quantitative estimate of drug-likeness (QED) is 0.714.